The van der Waals surface area contributed by atoms with E-state index < -0.39 is 0 Å². The number of carbonyl (C=O) groups excluding carboxylic acids is 2. The average molecular weight is 220 g/mol. The van der Waals surface area contributed by atoms with Gasteiger partial charge in [0.15, 0.2) is 0 Å². The SMILES string of the molecule is C[C-]=O.C[C-]=O.O=[C-]O.[Y+3]. The Bertz CT molecular complexity index is 50.4. The summed E-state index contributed by atoms with van der Waals surface area (Å²) in [5.74, 6) is 0. The molecule has 54 valence electrons. The molecule has 0 saturated carbocycles. The van der Waals surface area contributed by atoms with Gasteiger partial charge < -0.3 is 19.5 Å². The van der Waals surface area contributed by atoms with Crippen LogP contribution in [0.2, 0.25) is 0 Å². The summed E-state index contributed by atoms with van der Waals surface area (Å²) in [7, 11) is 0. The first kappa shape index (κ1) is 22.5. The first-order valence-corrected chi connectivity index (χ1v) is 1.84. The summed E-state index contributed by atoms with van der Waals surface area (Å²) in [6.45, 7) is 3.14. The minimum absolute atomic E-state index is 0. The molecule has 0 fully saturated rings. The molecular weight excluding hydrogens is 213 g/mol. The van der Waals surface area contributed by atoms with Crippen molar-refractivity contribution in [2.75, 3.05) is 0 Å². The number of hydrogen-bond acceptors (Lipinski definition) is 3. The summed E-state index contributed by atoms with van der Waals surface area (Å²) < 4.78 is 0. The van der Waals surface area contributed by atoms with E-state index >= 15 is 0 Å². The molecule has 0 aromatic rings. The van der Waals surface area contributed by atoms with E-state index in [9.17, 15) is 0 Å². The number of aliphatic hydroxyl groups excluding tert-OH is 1. The van der Waals surface area contributed by atoms with E-state index in [1.807, 2.05) is 0 Å². The zero-order valence-electron chi connectivity index (χ0n) is 5.75. The Morgan fingerprint density at radius 3 is 1.00 bits per heavy atom. The summed E-state index contributed by atoms with van der Waals surface area (Å²) in [5.41, 5.74) is 0. The van der Waals surface area contributed by atoms with E-state index in [0.29, 0.717) is 6.47 Å². The van der Waals surface area contributed by atoms with Crippen LogP contribution in [0.15, 0.2) is 0 Å². The fourth-order valence-electron chi connectivity index (χ4n) is 0. The Morgan fingerprint density at radius 1 is 1.00 bits per heavy atom. The van der Waals surface area contributed by atoms with Crippen LogP contribution in [0.1, 0.15) is 13.8 Å². The Labute approximate surface area is 84.9 Å². The number of rotatable bonds is 0. The zero-order chi connectivity index (χ0) is 8.12. The molecule has 0 spiro atoms. The van der Waals surface area contributed by atoms with Gasteiger partial charge in [0.2, 0.25) is 0 Å². The molecule has 4 nitrogen and oxygen atoms in total. The van der Waals surface area contributed by atoms with Crippen LogP contribution in [-0.2, 0) is 47.1 Å². The Hall–Kier alpha value is -0.0861. The second-order valence-electron chi connectivity index (χ2n) is 0.500. The Morgan fingerprint density at radius 2 is 1.00 bits per heavy atom. The monoisotopic (exact) mass is 220 g/mol. The van der Waals surface area contributed by atoms with Gasteiger partial charge in [-0.2, -0.15) is 13.8 Å². The van der Waals surface area contributed by atoms with Gasteiger partial charge in [0.1, 0.15) is 0 Å². The zero-order valence-corrected chi connectivity index (χ0v) is 8.59. The summed E-state index contributed by atoms with van der Waals surface area (Å²) in [5, 5.41) is 6.76. The van der Waals surface area contributed by atoms with Crippen molar-refractivity contribution in [2.45, 2.75) is 13.8 Å². The van der Waals surface area contributed by atoms with Crippen LogP contribution in [0.25, 0.3) is 0 Å². The van der Waals surface area contributed by atoms with Crippen LogP contribution in [0, 0.1) is 0 Å². The van der Waals surface area contributed by atoms with E-state index in [-0.39, 0.29) is 32.7 Å². The molecule has 0 aromatic heterocycles. The molecule has 0 aromatic carbocycles. The van der Waals surface area contributed by atoms with E-state index in [4.69, 9.17) is 19.5 Å². The minimum atomic E-state index is 0. The van der Waals surface area contributed by atoms with Crippen LogP contribution >= 0.6 is 0 Å². The fraction of sp³-hybridized carbons (Fsp3) is 0.400. The second kappa shape index (κ2) is 65.8. The van der Waals surface area contributed by atoms with Gasteiger partial charge in [-0.25, -0.2) is 0 Å². The van der Waals surface area contributed by atoms with Gasteiger partial charge in [0.25, 0.3) is 0 Å². The minimum Gasteiger partial charge on any atom is -0.665 e. The Balaban J connectivity index is -0.0000000257. The van der Waals surface area contributed by atoms with Crippen LogP contribution in [0.5, 0.6) is 0 Å². The standard InChI is InChI=1S/2C2H3O.CHO2.Y/c2*1-2-3;2-1-3;/h2*1H3;(H,2,3);/q3*-1;+3. The van der Waals surface area contributed by atoms with Crippen molar-refractivity contribution in [1.29, 1.82) is 0 Å². The van der Waals surface area contributed by atoms with Gasteiger partial charge in [-0.15, -0.1) is 0 Å². The van der Waals surface area contributed by atoms with E-state index in [1.54, 1.807) is 0 Å². The quantitative estimate of drug-likeness (QED) is 0.576. The van der Waals surface area contributed by atoms with Crippen molar-refractivity contribution in [3.8, 4) is 0 Å². The maximum Gasteiger partial charge on any atom is 3.00 e. The van der Waals surface area contributed by atoms with E-state index in [0.717, 1.165) is 0 Å². The molecule has 0 aliphatic carbocycles. The van der Waals surface area contributed by atoms with Gasteiger partial charge in [-0.05, 0) is 0 Å². The second-order valence-corrected chi connectivity index (χ2v) is 0.500. The van der Waals surface area contributed by atoms with Gasteiger partial charge in [0, 0.05) is 0 Å². The number of hydrogen-bond donors (Lipinski definition) is 1. The van der Waals surface area contributed by atoms with Crippen molar-refractivity contribution in [1.82, 2.24) is 0 Å². The molecule has 10 heavy (non-hydrogen) atoms. The molecule has 0 amide bonds. The predicted molar refractivity (Wildman–Crippen MR) is 31.1 cm³/mol. The molecular formula is C5H7O4Y. The molecule has 0 aliphatic rings. The van der Waals surface area contributed by atoms with Crippen molar-refractivity contribution in [3.05, 3.63) is 0 Å². The van der Waals surface area contributed by atoms with E-state index in [1.165, 1.54) is 26.4 Å². The van der Waals surface area contributed by atoms with Gasteiger partial charge in [0.05, 0.1) is 0 Å². The van der Waals surface area contributed by atoms with Crippen LogP contribution in [0.3, 0.4) is 0 Å². The summed E-state index contributed by atoms with van der Waals surface area (Å²) >= 11 is 0. The third kappa shape index (κ3) is 51000. The Kier molecular flexibility index (Phi) is 148. The molecule has 1 N–H and O–H groups in total. The molecule has 5 heteroatoms. The summed E-state index contributed by atoms with van der Waals surface area (Å²) in [6, 6.07) is 0. The maximum atomic E-state index is 8.68. The van der Waals surface area contributed by atoms with Gasteiger partial charge >= 0.3 is 32.7 Å². The summed E-state index contributed by atoms with van der Waals surface area (Å²) in [4.78, 5) is 25.6. The van der Waals surface area contributed by atoms with Gasteiger partial charge in [-0.3, -0.25) is 12.6 Å². The summed E-state index contributed by atoms with van der Waals surface area (Å²) in [6.07, 6.45) is 3.00. The maximum absolute atomic E-state index is 8.68. The topological polar surface area (TPSA) is 71.4 Å². The molecule has 0 radical (unpaired) electrons. The van der Waals surface area contributed by atoms with Crippen molar-refractivity contribution >= 4 is 19.0 Å². The average Bonchev–Trinajstić information content (AvgIpc) is 1.70. The van der Waals surface area contributed by atoms with Crippen molar-refractivity contribution < 1.29 is 52.2 Å². The molecule has 0 atom stereocenters. The molecule has 0 aliphatic heterocycles. The predicted octanol–water partition coefficient (Wildman–Crippen LogP) is -0.159. The third-order valence-corrected chi connectivity index (χ3v) is 0. The molecule has 0 unspecified atom stereocenters. The first-order chi connectivity index (χ1) is 4.24. The molecule has 0 heterocycles. The van der Waals surface area contributed by atoms with E-state index in [2.05, 4.69) is 0 Å². The molecule has 0 bridgehead atoms. The van der Waals surface area contributed by atoms with Crippen LogP contribution in [0.4, 0.5) is 0 Å². The van der Waals surface area contributed by atoms with Crippen molar-refractivity contribution in [3.63, 3.8) is 0 Å². The normalized spacial score (nSPS) is 3.80. The largest absolute Gasteiger partial charge is 3.00 e. The smallest absolute Gasteiger partial charge is 0.665 e. The fourth-order valence-corrected chi connectivity index (χ4v) is 0. The third-order valence-electron chi connectivity index (χ3n) is 0. The van der Waals surface area contributed by atoms with Crippen LogP contribution in [-0.4, -0.2) is 24.2 Å². The van der Waals surface area contributed by atoms with Crippen molar-refractivity contribution in [2.24, 2.45) is 0 Å². The molecule has 0 rings (SSSR count). The van der Waals surface area contributed by atoms with Crippen LogP contribution < -0.4 is 0 Å². The van der Waals surface area contributed by atoms with Gasteiger partial charge in [-0.1, -0.05) is 6.47 Å². The molecule has 0 saturated heterocycles. The first-order valence-electron chi connectivity index (χ1n) is 1.84.